The SMILES string of the molecule is Cc1sc2c(c1C)C(c1ccc(N3CC(CN4CC(Oc5ccc([C@@H]6c7ccc(O)cc7CC[C@@H]6c6ccccc6)cc5)C4)C3)cc1)=N[C@@H](C)c1nnc(C)n1-2. The molecule has 3 atom stereocenters. The molecule has 5 heterocycles. The van der Waals surface area contributed by atoms with E-state index in [2.05, 4.69) is 130 Å². The van der Waals surface area contributed by atoms with E-state index >= 15 is 0 Å². The summed E-state index contributed by atoms with van der Waals surface area (Å²) in [5, 5.41) is 20.3. The molecule has 0 amide bonds. The van der Waals surface area contributed by atoms with Gasteiger partial charge in [-0.1, -0.05) is 60.7 Å². The van der Waals surface area contributed by atoms with Crippen molar-refractivity contribution in [2.75, 3.05) is 37.6 Å². The number of nitrogens with zero attached hydrogens (tertiary/aromatic N) is 6. The van der Waals surface area contributed by atoms with Crippen LogP contribution in [0.3, 0.4) is 0 Å². The molecule has 2 saturated heterocycles. The Hall–Kier alpha value is -5.25. The monoisotopic (exact) mass is 760 g/mol. The van der Waals surface area contributed by atoms with Crippen LogP contribution in [0.25, 0.3) is 5.00 Å². The number of benzene rings is 4. The highest BCUT2D eigenvalue weighted by molar-refractivity contribution is 7.15. The Bertz CT molecular complexity index is 2420. The largest absolute Gasteiger partial charge is 0.508 e. The zero-order valence-electron chi connectivity index (χ0n) is 32.5. The number of aryl methyl sites for hydroxylation is 3. The molecule has 10 rings (SSSR count). The van der Waals surface area contributed by atoms with Gasteiger partial charge >= 0.3 is 0 Å². The number of thiophene rings is 1. The third-order valence-corrected chi connectivity index (χ3v) is 13.8. The average molecular weight is 761 g/mol. The summed E-state index contributed by atoms with van der Waals surface area (Å²) < 4.78 is 8.67. The Kier molecular flexibility index (Phi) is 8.82. The van der Waals surface area contributed by atoms with Gasteiger partial charge in [0.15, 0.2) is 5.82 Å². The molecule has 4 aliphatic rings. The molecule has 2 fully saturated rings. The average Bonchev–Trinajstić information content (AvgIpc) is 3.67. The van der Waals surface area contributed by atoms with Crippen LogP contribution in [-0.2, 0) is 6.42 Å². The predicted octanol–water partition coefficient (Wildman–Crippen LogP) is 8.93. The fourth-order valence-corrected chi connectivity index (χ4v) is 10.8. The van der Waals surface area contributed by atoms with Crippen molar-refractivity contribution in [3.05, 3.63) is 153 Å². The van der Waals surface area contributed by atoms with E-state index in [1.165, 1.54) is 48.9 Å². The Labute approximate surface area is 333 Å². The second-order valence-electron chi connectivity index (χ2n) is 16.3. The number of likely N-dealkylation sites (tertiary alicyclic amines) is 1. The fraction of sp³-hybridized carbons (Fsp3) is 0.340. The van der Waals surface area contributed by atoms with Crippen molar-refractivity contribution in [2.45, 2.75) is 64.5 Å². The first-order valence-corrected chi connectivity index (χ1v) is 20.9. The van der Waals surface area contributed by atoms with Crippen molar-refractivity contribution in [3.8, 4) is 16.5 Å². The quantitative estimate of drug-likeness (QED) is 0.167. The minimum absolute atomic E-state index is 0.0794. The van der Waals surface area contributed by atoms with Gasteiger partial charge in [-0.05, 0) is 111 Å². The zero-order chi connectivity index (χ0) is 38.1. The number of phenolic OH excluding ortho intramolecular Hbond substituents is 1. The van der Waals surface area contributed by atoms with Crippen LogP contribution >= 0.6 is 11.3 Å². The minimum atomic E-state index is -0.0794. The predicted molar refractivity (Wildman–Crippen MR) is 224 cm³/mol. The van der Waals surface area contributed by atoms with E-state index in [4.69, 9.17) is 9.73 Å². The lowest BCUT2D eigenvalue weighted by atomic mass is 9.69. The first kappa shape index (κ1) is 35.2. The lowest BCUT2D eigenvalue weighted by Gasteiger charge is -2.47. The molecule has 0 bridgehead atoms. The topological polar surface area (TPSA) is 79.0 Å². The van der Waals surface area contributed by atoms with Gasteiger partial charge in [-0.2, -0.15) is 0 Å². The van der Waals surface area contributed by atoms with Crippen molar-refractivity contribution in [3.63, 3.8) is 0 Å². The molecule has 0 unspecified atom stereocenters. The molecule has 2 aromatic heterocycles. The molecule has 6 aromatic rings. The van der Waals surface area contributed by atoms with Crippen molar-refractivity contribution in [1.29, 1.82) is 0 Å². The van der Waals surface area contributed by atoms with Crippen LogP contribution in [0.4, 0.5) is 5.69 Å². The van der Waals surface area contributed by atoms with E-state index in [1.807, 2.05) is 19.1 Å². The van der Waals surface area contributed by atoms with Gasteiger partial charge in [0, 0.05) is 66.3 Å². The van der Waals surface area contributed by atoms with Gasteiger partial charge in [0.05, 0.1) is 5.71 Å². The Morgan fingerprint density at radius 1 is 0.839 bits per heavy atom. The number of hydrogen-bond acceptors (Lipinski definition) is 8. The number of aromatic hydroxyl groups is 1. The van der Waals surface area contributed by atoms with E-state index in [0.29, 0.717) is 17.6 Å². The molecule has 0 saturated carbocycles. The van der Waals surface area contributed by atoms with E-state index < -0.39 is 0 Å². The molecule has 0 radical (unpaired) electrons. The van der Waals surface area contributed by atoms with Gasteiger partial charge in [0.2, 0.25) is 0 Å². The van der Waals surface area contributed by atoms with Gasteiger partial charge in [-0.3, -0.25) is 14.5 Å². The molecule has 56 heavy (non-hydrogen) atoms. The first-order valence-electron chi connectivity index (χ1n) is 20.1. The number of fused-ring (bicyclic) bond motifs is 4. The lowest BCUT2D eigenvalue weighted by Crippen LogP contribution is -2.59. The third kappa shape index (κ3) is 6.21. The highest BCUT2D eigenvalue weighted by Crippen LogP contribution is 2.47. The van der Waals surface area contributed by atoms with Gasteiger partial charge in [-0.25, -0.2) is 0 Å². The number of hydrogen-bond donors (Lipinski definition) is 1. The highest BCUT2D eigenvalue weighted by Gasteiger charge is 2.36. The van der Waals surface area contributed by atoms with E-state index in [9.17, 15) is 5.11 Å². The van der Waals surface area contributed by atoms with Crippen molar-refractivity contribution >= 4 is 22.7 Å². The maximum atomic E-state index is 10.2. The van der Waals surface area contributed by atoms with Gasteiger partial charge < -0.3 is 14.7 Å². The fourth-order valence-electron chi connectivity index (χ4n) is 9.54. The first-order chi connectivity index (χ1) is 27.3. The van der Waals surface area contributed by atoms with Crippen molar-refractivity contribution in [1.82, 2.24) is 19.7 Å². The smallest absolute Gasteiger partial charge is 0.162 e. The van der Waals surface area contributed by atoms with Crippen LogP contribution < -0.4 is 9.64 Å². The highest BCUT2D eigenvalue weighted by atomic mass is 32.1. The second-order valence-corrected chi connectivity index (χ2v) is 17.5. The molecule has 0 spiro atoms. The molecule has 4 aromatic carbocycles. The van der Waals surface area contributed by atoms with Gasteiger partial charge in [0.25, 0.3) is 0 Å². The Morgan fingerprint density at radius 3 is 2.38 bits per heavy atom. The number of ether oxygens (including phenoxy) is 1. The summed E-state index contributed by atoms with van der Waals surface area (Å²) in [6.07, 6.45) is 2.26. The number of rotatable bonds is 8. The summed E-state index contributed by atoms with van der Waals surface area (Å²) in [6.45, 7) is 13.8. The maximum Gasteiger partial charge on any atom is 0.162 e. The van der Waals surface area contributed by atoms with Crippen LogP contribution in [-0.4, -0.2) is 69.3 Å². The van der Waals surface area contributed by atoms with Crippen LogP contribution in [0, 0.1) is 26.7 Å². The molecule has 1 N–H and O–H groups in total. The summed E-state index contributed by atoms with van der Waals surface area (Å²) in [7, 11) is 0. The molecule has 9 heteroatoms. The summed E-state index contributed by atoms with van der Waals surface area (Å²) >= 11 is 1.80. The molecule has 3 aliphatic heterocycles. The van der Waals surface area contributed by atoms with Crippen LogP contribution in [0.5, 0.6) is 11.5 Å². The van der Waals surface area contributed by atoms with Gasteiger partial charge in [-0.15, -0.1) is 21.5 Å². The van der Waals surface area contributed by atoms with Crippen molar-refractivity contribution in [2.24, 2.45) is 10.9 Å². The number of phenols is 1. The lowest BCUT2D eigenvalue weighted by molar-refractivity contribution is 0.00753. The van der Waals surface area contributed by atoms with Crippen LogP contribution in [0.2, 0.25) is 0 Å². The Morgan fingerprint density at radius 2 is 1.61 bits per heavy atom. The number of aromatic nitrogens is 3. The molecule has 1 aliphatic carbocycles. The van der Waals surface area contributed by atoms with E-state index in [0.717, 1.165) is 74.2 Å². The van der Waals surface area contributed by atoms with Crippen LogP contribution in [0.1, 0.15) is 86.7 Å². The minimum Gasteiger partial charge on any atom is -0.508 e. The number of aliphatic imine (C=N–C) groups is 1. The third-order valence-electron chi connectivity index (χ3n) is 12.6. The van der Waals surface area contributed by atoms with E-state index in [1.54, 1.807) is 11.3 Å². The molecule has 8 nitrogen and oxygen atoms in total. The van der Waals surface area contributed by atoms with E-state index in [-0.39, 0.29) is 18.1 Å². The maximum absolute atomic E-state index is 10.2. The molecule has 284 valence electrons. The zero-order valence-corrected chi connectivity index (χ0v) is 33.3. The summed E-state index contributed by atoms with van der Waals surface area (Å²) in [6, 6.07) is 34.6. The second kappa shape index (κ2) is 14.0. The number of anilines is 1. The van der Waals surface area contributed by atoms with Crippen LogP contribution in [0.15, 0.2) is 102 Å². The molecular formula is C47H48N6O2S. The summed E-state index contributed by atoms with van der Waals surface area (Å²) in [5.41, 5.74) is 11.2. The normalized spacial score (nSPS) is 21.0. The standard InChI is InChI=1S/C47H48N6O2S/c1-28-30(3)56-47-43(28)45(48-29(2)46-50-49-31(4)53(46)47)35-10-15-37(16-11-35)52-24-32(25-52)23-51-26-40(27-51)55-39-18-12-34(13-19-39)44-41(33-8-6-5-7-9-33)20-14-36-22-38(54)17-21-42(36)44/h5-13,15-19,21-22,29,32,40-41,44,54H,14,20,23-27H2,1-4H3/t29-,41+,44-/m0/s1. The summed E-state index contributed by atoms with van der Waals surface area (Å²) in [5.74, 6) is 4.40. The Balaban J connectivity index is 0.741. The molecular weight excluding hydrogens is 713 g/mol. The summed E-state index contributed by atoms with van der Waals surface area (Å²) in [4.78, 5) is 11.6. The van der Waals surface area contributed by atoms with Crippen molar-refractivity contribution < 1.29 is 9.84 Å². The van der Waals surface area contributed by atoms with Gasteiger partial charge in [0.1, 0.15) is 34.5 Å².